The fourth-order valence-corrected chi connectivity index (χ4v) is 2.11. The molecule has 0 amide bonds. The maximum Gasteiger partial charge on any atom is 0.300 e. The van der Waals surface area contributed by atoms with Crippen LogP contribution < -0.4 is 4.90 Å². The van der Waals surface area contributed by atoms with E-state index >= 15 is 0 Å². The number of non-ortho nitro benzene ring substituents is 1. The summed E-state index contributed by atoms with van der Waals surface area (Å²) in [5, 5.41) is 22.2. The fourth-order valence-electron chi connectivity index (χ4n) is 2.11. The lowest BCUT2D eigenvalue weighted by Gasteiger charge is -2.20. The van der Waals surface area contributed by atoms with Crippen molar-refractivity contribution in [2.24, 2.45) is 0 Å². The molecule has 0 radical (unpaired) electrons. The van der Waals surface area contributed by atoms with Gasteiger partial charge in [0, 0.05) is 18.0 Å². The first-order valence-corrected chi connectivity index (χ1v) is 6.84. The number of nitro benzene ring substituents is 2. The number of anilines is 2. The average molecular weight is 327 g/mol. The van der Waals surface area contributed by atoms with Gasteiger partial charge in [0.2, 0.25) is 0 Å². The van der Waals surface area contributed by atoms with Crippen molar-refractivity contribution in [2.75, 3.05) is 4.90 Å². The van der Waals surface area contributed by atoms with Crippen LogP contribution in [-0.2, 0) is 4.79 Å². The van der Waals surface area contributed by atoms with Crippen LogP contribution in [0.25, 0.3) is 0 Å². The molecule has 2 rings (SSSR count). The van der Waals surface area contributed by atoms with Crippen molar-refractivity contribution in [1.82, 2.24) is 0 Å². The van der Waals surface area contributed by atoms with Crippen molar-refractivity contribution in [3.05, 3.63) is 80.5 Å². The molecule has 0 saturated heterocycles. The Kier molecular flexibility index (Phi) is 5.00. The van der Waals surface area contributed by atoms with Crippen LogP contribution in [0.3, 0.4) is 0 Å². The number of nitrogens with zero attached hydrogens (tertiary/aromatic N) is 3. The summed E-state index contributed by atoms with van der Waals surface area (Å²) in [6.45, 7) is 1.89. The minimum absolute atomic E-state index is 0.118. The molecule has 0 saturated carbocycles. The van der Waals surface area contributed by atoms with Crippen LogP contribution in [0, 0.1) is 27.2 Å². The van der Waals surface area contributed by atoms with Crippen LogP contribution in [0.5, 0.6) is 0 Å². The Hall–Kier alpha value is -3.55. The second kappa shape index (κ2) is 7.14. The van der Waals surface area contributed by atoms with Gasteiger partial charge in [-0.25, -0.2) is 0 Å². The lowest BCUT2D eigenvalue weighted by molar-refractivity contribution is -0.393. The normalized spacial score (nSPS) is 10.5. The van der Waals surface area contributed by atoms with E-state index in [2.05, 4.69) is 0 Å². The van der Waals surface area contributed by atoms with Crippen LogP contribution in [-0.4, -0.2) is 16.1 Å². The number of aldehydes is 1. The van der Waals surface area contributed by atoms with Crippen molar-refractivity contribution in [3.63, 3.8) is 0 Å². The number of rotatable bonds is 6. The maximum absolute atomic E-state index is 11.3. The molecule has 0 N–H and O–H groups in total. The molecule has 8 nitrogen and oxygen atoms in total. The van der Waals surface area contributed by atoms with E-state index in [0.29, 0.717) is 12.0 Å². The highest BCUT2D eigenvalue weighted by atomic mass is 16.6. The number of nitro groups is 2. The molecule has 122 valence electrons. The topological polar surface area (TPSA) is 107 Å². The Bertz CT molecular complexity index is 815. The van der Waals surface area contributed by atoms with Gasteiger partial charge in [-0.2, -0.15) is 0 Å². The molecule has 0 atom stereocenters. The average Bonchev–Trinajstić information content (AvgIpc) is 2.56. The fraction of sp³-hybridized carbons (Fsp3) is 0.0625. The molecule has 0 fully saturated rings. The number of aryl methyl sites for hydroxylation is 1. The lowest BCUT2D eigenvalue weighted by Crippen LogP contribution is -2.11. The number of allylic oxidation sites excluding steroid dienone is 1. The molecular formula is C16H13N3O5. The molecule has 0 aliphatic heterocycles. The Balaban J connectivity index is 2.63. The van der Waals surface area contributed by atoms with Crippen LogP contribution in [0.1, 0.15) is 5.56 Å². The highest BCUT2D eigenvalue weighted by molar-refractivity contribution is 5.78. The minimum atomic E-state index is -0.700. The number of benzene rings is 2. The van der Waals surface area contributed by atoms with Gasteiger partial charge >= 0.3 is 0 Å². The van der Waals surface area contributed by atoms with Gasteiger partial charge in [-0.1, -0.05) is 17.7 Å². The quantitative estimate of drug-likeness (QED) is 0.347. The number of hydrogen-bond donors (Lipinski definition) is 0. The van der Waals surface area contributed by atoms with E-state index in [4.69, 9.17) is 0 Å². The highest BCUT2D eigenvalue weighted by Crippen LogP contribution is 2.36. The van der Waals surface area contributed by atoms with E-state index in [0.717, 1.165) is 11.6 Å². The van der Waals surface area contributed by atoms with Gasteiger partial charge in [-0.05, 0) is 31.2 Å². The molecule has 0 aromatic heterocycles. The summed E-state index contributed by atoms with van der Waals surface area (Å²) in [5.41, 5.74) is 0.883. The molecule has 2 aromatic carbocycles. The summed E-state index contributed by atoms with van der Waals surface area (Å²) in [7, 11) is 0. The summed E-state index contributed by atoms with van der Waals surface area (Å²) in [5.74, 6) is 0. The Morgan fingerprint density at radius 2 is 1.67 bits per heavy atom. The first-order chi connectivity index (χ1) is 11.4. The van der Waals surface area contributed by atoms with Gasteiger partial charge in [-0.15, -0.1) is 0 Å². The van der Waals surface area contributed by atoms with E-state index < -0.39 is 15.5 Å². The van der Waals surface area contributed by atoms with Crippen molar-refractivity contribution >= 4 is 29.0 Å². The molecule has 8 heteroatoms. The minimum Gasteiger partial charge on any atom is -0.311 e. The van der Waals surface area contributed by atoms with Gasteiger partial charge < -0.3 is 4.90 Å². The molecule has 0 aliphatic rings. The molecule has 0 aliphatic carbocycles. The van der Waals surface area contributed by atoms with Gasteiger partial charge in [0.25, 0.3) is 11.4 Å². The van der Waals surface area contributed by atoms with Crippen molar-refractivity contribution in [3.8, 4) is 0 Å². The molecule has 0 spiro atoms. The van der Waals surface area contributed by atoms with Crippen molar-refractivity contribution < 1.29 is 14.6 Å². The Labute approximate surface area is 136 Å². The smallest absolute Gasteiger partial charge is 0.300 e. The summed E-state index contributed by atoms with van der Waals surface area (Å²) in [4.78, 5) is 32.8. The zero-order valence-electron chi connectivity index (χ0n) is 12.7. The molecule has 24 heavy (non-hydrogen) atoms. The predicted molar refractivity (Wildman–Crippen MR) is 88.3 cm³/mol. The van der Waals surface area contributed by atoms with Gasteiger partial charge in [-0.3, -0.25) is 25.0 Å². The summed E-state index contributed by atoms with van der Waals surface area (Å²) < 4.78 is 0. The van der Waals surface area contributed by atoms with E-state index in [-0.39, 0.29) is 11.4 Å². The second-order valence-electron chi connectivity index (χ2n) is 4.87. The maximum atomic E-state index is 11.3. The van der Waals surface area contributed by atoms with E-state index in [1.54, 1.807) is 12.1 Å². The summed E-state index contributed by atoms with van der Waals surface area (Å²) in [6, 6.07) is 10.4. The van der Waals surface area contributed by atoms with Crippen LogP contribution in [0.4, 0.5) is 22.7 Å². The van der Waals surface area contributed by atoms with Crippen LogP contribution >= 0.6 is 0 Å². The van der Waals surface area contributed by atoms with E-state index in [9.17, 15) is 25.0 Å². The largest absolute Gasteiger partial charge is 0.311 e. The monoisotopic (exact) mass is 327 g/mol. The number of carbonyl (C=O) groups is 1. The number of carbonyl (C=O) groups excluding carboxylic acids is 1. The third-order valence-corrected chi connectivity index (χ3v) is 3.25. The van der Waals surface area contributed by atoms with Gasteiger partial charge in [0.1, 0.15) is 12.0 Å². The van der Waals surface area contributed by atoms with Crippen LogP contribution in [0.15, 0.2) is 54.7 Å². The molecular weight excluding hydrogens is 314 g/mol. The predicted octanol–water partition coefficient (Wildman–Crippen LogP) is 3.66. The Morgan fingerprint density at radius 1 is 1.00 bits per heavy atom. The highest BCUT2D eigenvalue weighted by Gasteiger charge is 2.23. The summed E-state index contributed by atoms with van der Waals surface area (Å²) >= 11 is 0. The zero-order valence-corrected chi connectivity index (χ0v) is 12.7. The molecule has 2 aromatic rings. The SMILES string of the molecule is Cc1ccc(N(C=CC=O)c2ccc([N+](=O)[O-])cc2[N+](=O)[O-])cc1. The first kappa shape index (κ1) is 16.8. The molecule has 0 heterocycles. The van der Waals surface area contributed by atoms with Crippen molar-refractivity contribution in [1.29, 1.82) is 0 Å². The standard InChI is InChI=1S/C16H13N3O5/c1-12-3-5-13(6-4-12)17(9-2-10-20)15-8-7-14(18(21)22)11-16(15)19(23)24/h2-11H,1H3. The molecule has 0 bridgehead atoms. The summed E-state index contributed by atoms with van der Waals surface area (Å²) in [6.07, 6.45) is 3.09. The zero-order chi connectivity index (χ0) is 17.7. The van der Waals surface area contributed by atoms with E-state index in [1.165, 1.54) is 29.3 Å². The molecule has 0 unspecified atom stereocenters. The number of hydrogen-bond acceptors (Lipinski definition) is 6. The van der Waals surface area contributed by atoms with Crippen molar-refractivity contribution in [2.45, 2.75) is 6.92 Å². The van der Waals surface area contributed by atoms with Gasteiger partial charge in [0.15, 0.2) is 0 Å². The van der Waals surface area contributed by atoms with Crippen LogP contribution in [0.2, 0.25) is 0 Å². The van der Waals surface area contributed by atoms with E-state index in [1.807, 2.05) is 19.1 Å². The first-order valence-electron chi connectivity index (χ1n) is 6.84. The lowest BCUT2D eigenvalue weighted by atomic mass is 10.1. The van der Waals surface area contributed by atoms with Gasteiger partial charge in [0.05, 0.1) is 15.9 Å². The Morgan fingerprint density at radius 3 is 2.21 bits per heavy atom. The second-order valence-corrected chi connectivity index (χ2v) is 4.87. The third-order valence-electron chi connectivity index (χ3n) is 3.25. The third kappa shape index (κ3) is 3.61.